The number of hydrogen-bond acceptors (Lipinski definition) is 3. The Balaban J connectivity index is 1.72. The molecule has 6 heteroatoms. The number of sulfone groups is 1. The van der Waals surface area contributed by atoms with Crippen LogP contribution in [0, 0.1) is 0 Å². The summed E-state index contributed by atoms with van der Waals surface area (Å²) >= 11 is 7.24. The van der Waals surface area contributed by atoms with Crippen LogP contribution < -0.4 is 0 Å². The highest BCUT2D eigenvalue weighted by Gasteiger charge is 2.28. The van der Waals surface area contributed by atoms with E-state index < -0.39 is 15.1 Å². The van der Waals surface area contributed by atoms with Crippen LogP contribution in [0.15, 0.2) is 115 Å². The number of aliphatic hydroxyl groups is 1. The van der Waals surface area contributed by atoms with Gasteiger partial charge in [0.2, 0.25) is 0 Å². The van der Waals surface area contributed by atoms with Crippen LogP contribution in [0.2, 0.25) is 5.02 Å². The van der Waals surface area contributed by atoms with Crippen LogP contribution in [0.25, 0.3) is 33.2 Å². The maximum atomic E-state index is 13.5. The topological polar surface area (TPSA) is 59.3 Å². The van der Waals surface area contributed by atoms with Crippen molar-refractivity contribution < 1.29 is 13.5 Å². The lowest BCUT2D eigenvalue weighted by Crippen LogP contribution is -2.20. The summed E-state index contributed by atoms with van der Waals surface area (Å²) in [5, 5.41) is 10.9. The maximum absolute atomic E-state index is 13.5. The van der Waals surface area contributed by atoms with Gasteiger partial charge in [0.25, 0.3) is 0 Å². The molecule has 5 rings (SSSR count). The van der Waals surface area contributed by atoms with Gasteiger partial charge in [0.15, 0.2) is 9.84 Å². The van der Waals surface area contributed by atoms with Gasteiger partial charge < -0.3 is 9.67 Å². The van der Waals surface area contributed by atoms with E-state index in [2.05, 4.69) is 17.2 Å². The number of halogens is 1. The number of fused-ring (bicyclic) bond motifs is 1. The summed E-state index contributed by atoms with van der Waals surface area (Å²) in [7, 11) is -1.61. The second kappa shape index (κ2) is 11.8. The Hall–Kier alpha value is -3.64. The van der Waals surface area contributed by atoms with E-state index in [1.165, 1.54) is 6.08 Å². The fraction of sp³-hybridized carbons (Fsp3) is 0.176. The average Bonchev–Trinajstić information content (AvgIpc) is 3.24. The largest absolute Gasteiger partial charge is 0.396 e. The third-order valence-corrected chi connectivity index (χ3v) is 10.1. The molecule has 0 aliphatic carbocycles. The molecule has 1 N–H and O–H groups in total. The van der Waals surface area contributed by atoms with Gasteiger partial charge in [0, 0.05) is 47.8 Å². The third-order valence-electron chi connectivity index (χ3n) is 7.57. The Morgan fingerprint density at radius 1 is 0.900 bits per heavy atom. The second-order valence-corrected chi connectivity index (χ2v) is 12.4. The highest BCUT2D eigenvalue weighted by atomic mass is 35.5. The summed E-state index contributed by atoms with van der Waals surface area (Å²) in [4.78, 5) is 0.286. The minimum atomic E-state index is -3.61. The molecule has 4 nitrogen and oxygen atoms in total. The van der Waals surface area contributed by atoms with Crippen molar-refractivity contribution in [1.29, 1.82) is 0 Å². The molecule has 5 aromatic rings. The number of nitrogens with zero attached hydrogens (tertiary/aromatic N) is 1. The molecular weight excluding hydrogens is 538 g/mol. The van der Waals surface area contributed by atoms with Crippen molar-refractivity contribution in [3.05, 3.63) is 126 Å². The van der Waals surface area contributed by atoms with Gasteiger partial charge in [-0.1, -0.05) is 96.5 Å². The van der Waals surface area contributed by atoms with Gasteiger partial charge >= 0.3 is 0 Å². The van der Waals surface area contributed by atoms with Crippen molar-refractivity contribution in [3.63, 3.8) is 0 Å². The van der Waals surface area contributed by atoms with E-state index in [4.69, 9.17) is 11.6 Å². The van der Waals surface area contributed by atoms with Crippen LogP contribution in [-0.2, 0) is 29.7 Å². The average molecular weight is 570 g/mol. The van der Waals surface area contributed by atoms with E-state index in [0.717, 1.165) is 44.4 Å². The van der Waals surface area contributed by atoms with Gasteiger partial charge in [0.1, 0.15) is 0 Å². The van der Waals surface area contributed by atoms with Crippen LogP contribution >= 0.6 is 11.6 Å². The van der Waals surface area contributed by atoms with E-state index in [9.17, 15) is 13.5 Å². The van der Waals surface area contributed by atoms with Gasteiger partial charge in [-0.3, -0.25) is 0 Å². The first kappa shape index (κ1) is 27.9. The molecule has 4 aromatic carbocycles. The quantitative estimate of drug-likeness (QED) is 0.176. The molecule has 1 unspecified atom stereocenters. The van der Waals surface area contributed by atoms with Gasteiger partial charge in [-0.2, -0.15) is 0 Å². The lowest BCUT2D eigenvalue weighted by atomic mass is 9.92. The van der Waals surface area contributed by atoms with Gasteiger partial charge in [-0.15, -0.1) is 6.58 Å². The van der Waals surface area contributed by atoms with E-state index in [-0.39, 0.29) is 11.5 Å². The molecule has 1 aromatic heterocycles. The molecule has 0 radical (unpaired) electrons. The van der Waals surface area contributed by atoms with E-state index in [0.29, 0.717) is 24.3 Å². The number of benzene rings is 4. The summed E-state index contributed by atoms with van der Waals surface area (Å²) in [5.74, 6) is 0. The normalized spacial score (nSPS) is 12.5. The van der Waals surface area contributed by atoms with Crippen molar-refractivity contribution in [2.45, 2.75) is 29.4 Å². The second-order valence-electron chi connectivity index (χ2n) is 9.87. The molecular formula is C34H32ClNO3S. The zero-order valence-electron chi connectivity index (χ0n) is 22.4. The Bertz CT molecular complexity index is 1750. The molecule has 204 valence electrons. The predicted molar refractivity (Wildman–Crippen MR) is 166 cm³/mol. The van der Waals surface area contributed by atoms with E-state index >= 15 is 0 Å². The molecule has 0 fully saturated rings. The molecule has 0 saturated carbocycles. The Labute approximate surface area is 241 Å². The van der Waals surface area contributed by atoms with E-state index in [1.54, 1.807) is 30.3 Å². The standard InChI is InChI=1S/C34H32ClNO3S/c1-3-26(40(38,39)27-17-11-6-12-18-27)19-20-28-30(21-22-37)36(2)31-23-29(24-13-7-4-8-14-24)34(35)32(33(28)31)25-15-9-5-10-16-25/h3-18,23,26,37H,1,19-22H2,2H3. The number of aliphatic hydroxyl groups excluding tert-OH is 1. The van der Waals surface area contributed by atoms with Crippen molar-refractivity contribution in [2.75, 3.05) is 6.61 Å². The van der Waals surface area contributed by atoms with Gasteiger partial charge in [-0.25, -0.2) is 8.42 Å². The summed E-state index contributed by atoms with van der Waals surface area (Å²) in [6.45, 7) is 3.85. The van der Waals surface area contributed by atoms with Crippen LogP contribution in [0.4, 0.5) is 0 Å². The first-order valence-electron chi connectivity index (χ1n) is 13.3. The minimum Gasteiger partial charge on any atom is -0.396 e. The third kappa shape index (κ3) is 5.13. The molecule has 1 atom stereocenters. The SMILES string of the molecule is C=CC(CCc1c(CCO)n(C)c2cc(-c3ccccc3)c(Cl)c(-c3ccccc3)c12)S(=O)(=O)c1ccccc1. The fourth-order valence-corrected chi connectivity index (χ4v) is 7.51. The number of hydrogen-bond donors (Lipinski definition) is 1. The summed E-state index contributed by atoms with van der Waals surface area (Å²) in [6, 6.07) is 30.7. The van der Waals surface area contributed by atoms with Crippen LogP contribution in [0.5, 0.6) is 0 Å². The molecule has 0 aliphatic rings. The highest BCUT2D eigenvalue weighted by molar-refractivity contribution is 7.92. The van der Waals surface area contributed by atoms with Crippen molar-refractivity contribution in [2.24, 2.45) is 7.05 Å². The Morgan fingerprint density at radius 2 is 1.48 bits per heavy atom. The number of aromatic nitrogens is 1. The van der Waals surface area contributed by atoms with Crippen LogP contribution in [0.1, 0.15) is 17.7 Å². The lowest BCUT2D eigenvalue weighted by Gasteiger charge is -2.16. The zero-order chi connectivity index (χ0) is 28.3. The Kier molecular flexibility index (Phi) is 8.27. The smallest absolute Gasteiger partial charge is 0.184 e. The molecule has 0 spiro atoms. The summed E-state index contributed by atoms with van der Waals surface area (Å²) in [6.07, 6.45) is 2.80. The zero-order valence-corrected chi connectivity index (χ0v) is 24.0. The van der Waals surface area contributed by atoms with Crippen LogP contribution in [-0.4, -0.2) is 29.9 Å². The first-order chi connectivity index (χ1) is 19.4. The van der Waals surface area contributed by atoms with Gasteiger partial charge in [-0.05, 0) is 47.7 Å². The monoisotopic (exact) mass is 569 g/mol. The molecule has 0 saturated heterocycles. The van der Waals surface area contributed by atoms with E-state index in [1.807, 2.05) is 67.7 Å². The number of aryl methyl sites for hydroxylation is 2. The maximum Gasteiger partial charge on any atom is 0.184 e. The number of rotatable bonds is 10. The first-order valence-corrected chi connectivity index (χ1v) is 15.3. The summed E-state index contributed by atoms with van der Waals surface area (Å²) in [5.41, 5.74) is 6.79. The molecule has 40 heavy (non-hydrogen) atoms. The fourth-order valence-electron chi connectivity index (χ4n) is 5.58. The molecule has 0 bridgehead atoms. The van der Waals surface area contributed by atoms with Crippen molar-refractivity contribution in [3.8, 4) is 22.3 Å². The molecule has 0 amide bonds. The van der Waals surface area contributed by atoms with Crippen molar-refractivity contribution >= 4 is 32.3 Å². The van der Waals surface area contributed by atoms with Crippen LogP contribution in [0.3, 0.4) is 0 Å². The summed E-state index contributed by atoms with van der Waals surface area (Å²) < 4.78 is 29.1. The molecule has 0 aliphatic heterocycles. The van der Waals surface area contributed by atoms with Gasteiger partial charge in [0.05, 0.1) is 15.2 Å². The molecule has 1 heterocycles. The Morgan fingerprint density at radius 3 is 2.05 bits per heavy atom. The lowest BCUT2D eigenvalue weighted by molar-refractivity contribution is 0.296. The minimum absolute atomic E-state index is 0.0235. The highest BCUT2D eigenvalue weighted by Crippen LogP contribution is 2.45. The predicted octanol–water partition coefficient (Wildman–Crippen LogP) is 7.66. The van der Waals surface area contributed by atoms with Crippen molar-refractivity contribution in [1.82, 2.24) is 4.57 Å².